The Bertz CT molecular complexity index is 1530. The van der Waals surface area contributed by atoms with E-state index in [2.05, 4.69) is 107 Å². The molecule has 0 spiro atoms. The highest BCUT2D eigenvalue weighted by Gasteiger charge is 2.37. The van der Waals surface area contributed by atoms with Crippen LogP contribution in [0.5, 0.6) is 0 Å². The van der Waals surface area contributed by atoms with Gasteiger partial charge in [-0.25, -0.2) is 0 Å². The van der Waals surface area contributed by atoms with Crippen molar-refractivity contribution < 1.29 is 0 Å². The summed E-state index contributed by atoms with van der Waals surface area (Å²) in [6.45, 7) is 2.33. The van der Waals surface area contributed by atoms with Crippen molar-refractivity contribution in [2.24, 2.45) is 0 Å². The molecule has 0 fully saturated rings. The van der Waals surface area contributed by atoms with Crippen molar-refractivity contribution in [1.82, 2.24) is 4.98 Å². The Labute approximate surface area is 196 Å². The lowest BCUT2D eigenvalue weighted by Gasteiger charge is -2.19. The SMILES string of the molecule is CC1(I)c2ccccc2-c2cc3c(cc21)[nH]c1c2c(ccc13)Sc1ccccc1S2. The predicted octanol–water partition coefficient (Wildman–Crippen LogP) is 8.62. The fourth-order valence-electron chi connectivity index (χ4n) is 4.89. The highest BCUT2D eigenvalue weighted by molar-refractivity contribution is 14.1. The molecule has 2 heterocycles. The number of benzene rings is 4. The Hall–Kier alpha value is -1.89. The van der Waals surface area contributed by atoms with Crippen LogP contribution in [-0.2, 0) is 3.42 Å². The maximum absolute atomic E-state index is 3.79. The van der Waals surface area contributed by atoms with Crippen LogP contribution in [0, 0.1) is 0 Å². The summed E-state index contributed by atoms with van der Waals surface area (Å²) in [5, 5.41) is 2.64. The van der Waals surface area contributed by atoms with E-state index in [4.69, 9.17) is 0 Å². The monoisotopic (exact) mass is 533 g/mol. The number of hydrogen-bond acceptors (Lipinski definition) is 2. The van der Waals surface area contributed by atoms with Crippen LogP contribution in [0.3, 0.4) is 0 Å². The maximum Gasteiger partial charge on any atom is 0.0703 e. The maximum atomic E-state index is 3.79. The lowest BCUT2D eigenvalue weighted by atomic mass is 9.98. The van der Waals surface area contributed by atoms with E-state index in [0.29, 0.717) is 0 Å². The van der Waals surface area contributed by atoms with Gasteiger partial charge in [0, 0.05) is 31.0 Å². The van der Waals surface area contributed by atoms with Crippen molar-refractivity contribution >= 4 is 67.9 Å². The Balaban J connectivity index is 1.51. The van der Waals surface area contributed by atoms with Crippen molar-refractivity contribution in [2.75, 3.05) is 0 Å². The van der Waals surface area contributed by atoms with Gasteiger partial charge >= 0.3 is 0 Å². The van der Waals surface area contributed by atoms with Crippen molar-refractivity contribution in [3.05, 3.63) is 83.9 Å². The number of aromatic nitrogens is 1. The highest BCUT2D eigenvalue weighted by Crippen LogP contribution is 2.55. The van der Waals surface area contributed by atoms with Crippen LogP contribution in [0.4, 0.5) is 0 Å². The molecule has 0 radical (unpaired) electrons. The highest BCUT2D eigenvalue weighted by atomic mass is 127. The lowest BCUT2D eigenvalue weighted by molar-refractivity contribution is 0.917. The second-order valence-electron chi connectivity index (χ2n) is 8.08. The van der Waals surface area contributed by atoms with Crippen LogP contribution in [0.1, 0.15) is 18.1 Å². The summed E-state index contributed by atoms with van der Waals surface area (Å²) in [5.41, 5.74) is 8.07. The number of rotatable bonds is 0. The predicted molar refractivity (Wildman–Crippen MR) is 136 cm³/mol. The molecule has 0 amide bonds. The molecule has 0 saturated carbocycles. The summed E-state index contributed by atoms with van der Waals surface area (Å²) in [7, 11) is 0. The molecular weight excluding hydrogens is 517 g/mol. The molecule has 1 aromatic heterocycles. The fraction of sp³-hybridized carbons (Fsp3) is 0.0769. The van der Waals surface area contributed by atoms with Gasteiger partial charge in [-0.3, -0.25) is 0 Å². The largest absolute Gasteiger partial charge is 0.354 e. The standard InChI is InChI=1S/C26H16INS2/c1-26(27)18-7-3-2-6-14(18)16-12-17-15-10-11-23-25(24(15)28-20(17)13-19(16)26)30-22-9-5-4-8-21(22)29-23/h2-13,28H,1H3. The van der Waals surface area contributed by atoms with Gasteiger partial charge in [0.1, 0.15) is 0 Å². The summed E-state index contributed by atoms with van der Waals surface area (Å²) in [6, 6.07) is 26.9. The summed E-state index contributed by atoms with van der Waals surface area (Å²) in [4.78, 5) is 9.18. The molecule has 1 nitrogen and oxygen atoms in total. The van der Waals surface area contributed by atoms with Crippen LogP contribution >= 0.6 is 46.1 Å². The molecule has 0 saturated heterocycles. The number of H-pyrrole nitrogens is 1. The van der Waals surface area contributed by atoms with E-state index in [9.17, 15) is 0 Å². The minimum atomic E-state index is -0.00184. The lowest BCUT2D eigenvalue weighted by Crippen LogP contribution is -2.10. The molecule has 4 aromatic carbocycles. The molecular formula is C26H16INS2. The van der Waals surface area contributed by atoms with Gasteiger partial charge in [0.05, 0.1) is 13.8 Å². The third-order valence-electron chi connectivity index (χ3n) is 6.34. The van der Waals surface area contributed by atoms with Crippen molar-refractivity contribution in [3.63, 3.8) is 0 Å². The average molecular weight is 533 g/mol. The van der Waals surface area contributed by atoms with Crippen molar-refractivity contribution in [2.45, 2.75) is 29.9 Å². The summed E-state index contributed by atoms with van der Waals surface area (Å²) in [6.07, 6.45) is 0. The Morgan fingerprint density at radius 2 is 1.50 bits per heavy atom. The van der Waals surface area contributed by atoms with Crippen LogP contribution < -0.4 is 0 Å². The average Bonchev–Trinajstić information content (AvgIpc) is 3.24. The summed E-state index contributed by atoms with van der Waals surface area (Å²) >= 11 is 6.38. The van der Waals surface area contributed by atoms with Crippen molar-refractivity contribution in [1.29, 1.82) is 0 Å². The van der Waals surface area contributed by atoms with Gasteiger partial charge in [-0.2, -0.15) is 0 Å². The number of halogens is 1. The third-order valence-corrected chi connectivity index (χ3v) is 10.1. The molecule has 0 bridgehead atoms. The van der Waals surface area contributed by atoms with E-state index in [1.165, 1.54) is 63.6 Å². The number of nitrogens with one attached hydrogen (secondary N) is 1. The van der Waals surface area contributed by atoms with E-state index in [-0.39, 0.29) is 3.42 Å². The van der Waals surface area contributed by atoms with Gasteiger partial charge in [-0.1, -0.05) is 88.6 Å². The van der Waals surface area contributed by atoms with Gasteiger partial charge in [-0.15, -0.1) is 0 Å². The van der Waals surface area contributed by atoms with Crippen LogP contribution in [0.15, 0.2) is 92.4 Å². The van der Waals surface area contributed by atoms with Crippen LogP contribution in [-0.4, -0.2) is 4.98 Å². The molecule has 1 N–H and O–H groups in total. The Kier molecular flexibility index (Phi) is 3.60. The first-order valence-electron chi connectivity index (χ1n) is 9.98. The second kappa shape index (κ2) is 6.09. The first-order chi connectivity index (χ1) is 14.6. The van der Waals surface area contributed by atoms with E-state index >= 15 is 0 Å². The molecule has 2 aliphatic rings. The summed E-state index contributed by atoms with van der Waals surface area (Å²) < 4.78 is -0.00184. The number of hydrogen-bond donors (Lipinski definition) is 1. The minimum absolute atomic E-state index is 0.00184. The molecule has 4 heteroatoms. The molecule has 5 aromatic rings. The minimum Gasteiger partial charge on any atom is -0.354 e. The van der Waals surface area contributed by atoms with Crippen LogP contribution in [0.25, 0.3) is 32.9 Å². The number of fused-ring (bicyclic) bond motifs is 9. The molecule has 1 aliphatic carbocycles. The van der Waals surface area contributed by atoms with Gasteiger partial charge in [0.25, 0.3) is 0 Å². The van der Waals surface area contributed by atoms with E-state index in [0.717, 1.165) is 0 Å². The smallest absolute Gasteiger partial charge is 0.0703 e. The zero-order chi connectivity index (χ0) is 20.0. The van der Waals surface area contributed by atoms with Gasteiger partial charge in [-0.05, 0) is 59.5 Å². The molecule has 144 valence electrons. The molecule has 30 heavy (non-hydrogen) atoms. The van der Waals surface area contributed by atoms with Gasteiger partial charge in [0.15, 0.2) is 0 Å². The molecule has 1 aliphatic heterocycles. The van der Waals surface area contributed by atoms with Crippen LogP contribution in [0.2, 0.25) is 0 Å². The van der Waals surface area contributed by atoms with E-state index in [1.54, 1.807) is 0 Å². The second-order valence-corrected chi connectivity index (χ2v) is 12.4. The van der Waals surface area contributed by atoms with Gasteiger partial charge < -0.3 is 4.98 Å². The van der Waals surface area contributed by atoms with E-state index < -0.39 is 0 Å². The summed E-state index contributed by atoms with van der Waals surface area (Å²) in [5.74, 6) is 0. The first-order valence-corrected chi connectivity index (χ1v) is 12.7. The number of alkyl halides is 1. The quantitative estimate of drug-likeness (QED) is 0.155. The topological polar surface area (TPSA) is 15.8 Å². The zero-order valence-corrected chi connectivity index (χ0v) is 19.9. The normalized spacial score (nSPS) is 18.9. The van der Waals surface area contributed by atoms with Crippen molar-refractivity contribution in [3.8, 4) is 11.1 Å². The molecule has 7 rings (SSSR count). The molecule has 1 unspecified atom stereocenters. The fourth-order valence-corrected chi connectivity index (χ4v) is 8.15. The first kappa shape index (κ1) is 17.8. The third kappa shape index (κ3) is 2.27. The Morgan fingerprint density at radius 1 is 0.733 bits per heavy atom. The number of aromatic amines is 1. The van der Waals surface area contributed by atoms with Gasteiger partial charge in [0.2, 0.25) is 0 Å². The zero-order valence-electron chi connectivity index (χ0n) is 16.1. The Morgan fingerprint density at radius 3 is 2.37 bits per heavy atom. The van der Waals surface area contributed by atoms with E-state index in [1.807, 2.05) is 23.5 Å². The molecule has 1 atom stereocenters.